The number of rotatable bonds is 11. The first-order valence-electron chi connectivity index (χ1n) is 10.3. The van der Waals surface area contributed by atoms with Gasteiger partial charge in [0.25, 0.3) is 0 Å². The molecule has 0 amide bonds. The SMILES string of the molecule is C=CCN(C)CCCCOc1ccc2c(c1)CCN2S(=O)(=O)Nc1ccc(C)cc1. The molecule has 30 heavy (non-hydrogen) atoms. The lowest BCUT2D eigenvalue weighted by Gasteiger charge is -2.20. The second-order valence-electron chi connectivity index (χ2n) is 7.69. The van der Waals surface area contributed by atoms with Crippen molar-refractivity contribution in [3.05, 3.63) is 66.2 Å². The summed E-state index contributed by atoms with van der Waals surface area (Å²) in [7, 11) is -1.58. The van der Waals surface area contributed by atoms with Crippen LogP contribution in [0.1, 0.15) is 24.0 Å². The van der Waals surface area contributed by atoms with E-state index in [4.69, 9.17) is 4.74 Å². The number of unbranched alkanes of at least 4 members (excludes halogenated alkanes) is 1. The van der Waals surface area contributed by atoms with Gasteiger partial charge >= 0.3 is 10.2 Å². The molecular formula is C23H31N3O3S. The van der Waals surface area contributed by atoms with Gasteiger partial charge in [0.2, 0.25) is 0 Å². The van der Waals surface area contributed by atoms with Crippen LogP contribution in [0.4, 0.5) is 11.4 Å². The van der Waals surface area contributed by atoms with Gasteiger partial charge in [0, 0.05) is 13.1 Å². The van der Waals surface area contributed by atoms with Gasteiger partial charge in [-0.1, -0.05) is 23.8 Å². The fourth-order valence-corrected chi connectivity index (χ4v) is 4.81. The molecule has 2 aromatic rings. The lowest BCUT2D eigenvalue weighted by Crippen LogP contribution is -2.34. The van der Waals surface area contributed by atoms with Crippen molar-refractivity contribution in [2.75, 3.05) is 42.3 Å². The zero-order valence-corrected chi connectivity index (χ0v) is 18.6. The Hall–Kier alpha value is -2.51. The largest absolute Gasteiger partial charge is 0.494 e. The van der Waals surface area contributed by atoms with Crippen molar-refractivity contribution in [3.63, 3.8) is 0 Å². The highest BCUT2D eigenvalue weighted by Gasteiger charge is 2.29. The highest BCUT2D eigenvalue weighted by atomic mass is 32.2. The summed E-state index contributed by atoms with van der Waals surface area (Å²) >= 11 is 0. The number of likely N-dealkylation sites (N-methyl/N-ethyl adjacent to an activating group) is 1. The number of fused-ring (bicyclic) bond motifs is 1. The first-order chi connectivity index (χ1) is 14.4. The zero-order chi connectivity index (χ0) is 21.6. The highest BCUT2D eigenvalue weighted by Crippen LogP contribution is 2.33. The van der Waals surface area contributed by atoms with Crippen LogP contribution >= 0.6 is 0 Å². The van der Waals surface area contributed by atoms with Crippen LogP contribution in [0, 0.1) is 6.92 Å². The van der Waals surface area contributed by atoms with Gasteiger partial charge in [-0.3, -0.25) is 9.03 Å². The lowest BCUT2D eigenvalue weighted by molar-refractivity contribution is 0.287. The van der Waals surface area contributed by atoms with E-state index in [0.29, 0.717) is 30.9 Å². The normalized spacial score (nSPS) is 13.4. The third kappa shape index (κ3) is 5.77. The molecule has 0 spiro atoms. The van der Waals surface area contributed by atoms with Crippen molar-refractivity contribution in [1.82, 2.24) is 4.90 Å². The summed E-state index contributed by atoms with van der Waals surface area (Å²) in [6.45, 7) is 8.70. The molecule has 0 aromatic heterocycles. The number of benzene rings is 2. The molecular weight excluding hydrogens is 398 g/mol. The Bertz CT molecular complexity index is 958. The molecule has 1 N–H and O–H groups in total. The Morgan fingerprint density at radius 2 is 1.97 bits per heavy atom. The van der Waals surface area contributed by atoms with E-state index in [9.17, 15) is 8.42 Å². The Kier molecular flexibility index (Phi) is 7.39. The molecule has 6 nitrogen and oxygen atoms in total. The Morgan fingerprint density at radius 1 is 1.20 bits per heavy atom. The van der Waals surface area contributed by atoms with E-state index in [1.807, 2.05) is 43.3 Å². The van der Waals surface area contributed by atoms with Gasteiger partial charge in [-0.05, 0) is 75.7 Å². The van der Waals surface area contributed by atoms with Crippen LogP contribution in [0.5, 0.6) is 5.75 Å². The molecule has 7 heteroatoms. The quantitative estimate of drug-likeness (QED) is 0.433. The highest BCUT2D eigenvalue weighted by molar-refractivity contribution is 7.94. The van der Waals surface area contributed by atoms with Crippen LogP contribution in [-0.4, -0.2) is 46.6 Å². The van der Waals surface area contributed by atoms with E-state index in [1.165, 1.54) is 4.31 Å². The molecule has 162 valence electrons. The lowest BCUT2D eigenvalue weighted by atomic mass is 10.1. The first kappa shape index (κ1) is 22.2. The minimum absolute atomic E-state index is 0.426. The van der Waals surface area contributed by atoms with Crippen molar-refractivity contribution in [2.45, 2.75) is 26.2 Å². The van der Waals surface area contributed by atoms with Crippen molar-refractivity contribution in [1.29, 1.82) is 0 Å². The van der Waals surface area contributed by atoms with E-state index < -0.39 is 10.2 Å². The summed E-state index contributed by atoms with van der Waals surface area (Å²) in [6.07, 6.45) is 4.61. The number of hydrogen-bond donors (Lipinski definition) is 1. The monoisotopic (exact) mass is 429 g/mol. The maximum absolute atomic E-state index is 12.9. The molecule has 0 fully saturated rings. The summed E-state index contributed by atoms with van der Waals surface area (Å²) in [4.78, 5) is 2.22. The molecule has 0 bridgehead atoms. The van der Waals surface area contributed by atoms with E-state index in [2.05, 4.69) is 23.2 Å². The molecule has 1 aliphatic rings. The molecule has 0 saturated heterocycles. The summed E-state index contributed by atoms with van der Waals surface area (Å²) in [5, 5.41) is 0. The fourth-order valence-electron chi connectivity index (χ4n) is 3.50. The number of nitrogens with zero attached hydrogens (tertiary/aromatic N) is 2. The van der Waals surface area contributed by atoms with Crippen molar-refractivity contribution < 1.29 is 13.2 Å². The molecule has 0 aliphatic carbocycles. The Labute approximate surface area is 180 Å². The molecule has 3 rings (SSSR count). The van der Waals surface area contributed by atoms with E-state index in [0.717, 1.165) is 42.8 Å². The molecule has 0 atom stereocenters. The van der Waals surface area contributed by atoms with Gasteiger partial charge in [0.15, 0.2) is 0 Å². The molecule has 1 aliphatic heterocycles. The second-order valence-corrected chi connectivity index (χ2v) is 9.29. The topological polar surface area (TPSA) is 61.9 Å². The summed E-state index contributed by atoms with van der Waals surface area (Å²) in [5.74, 6) is 0.791. The van der Waals surface area contributed by atoms with Crippen molar-refractivity contribution >= 4 is 21.6 Å². The average Bonchev–Trinajstić information content (AvgIpc) is 3.14. The standard InChI is InChI=1S/C23H31N3O3S/c1-4-14-25(3)15-5-6-17-29-22-11-12-23-20(18-22)13-16-26(23)30(27,28)24-21-9-7-19(2)8-10-21/h4,7-12,18,24H,1,5-6,13-17H2,2-3H3. The van der Waals surface area contributed by atoms with Crippen LogP contribution < -0.4 is 13.8 Å². The molecule has 0 unspecified atom stereocenters. The Morgan fingerprint density at radius 3 is 2.70 bits per heavy atom. The third-order valence-corrected chi connectivity index (χ3v) is 6.59. The maximum Gasteiger partial charge on any atom is 0.323 e. The predicted octanol–water partition coefficient (Wildman–Crippen LogP) is 3.99. The van der Waals surface area contributed by atoms with Crippen LogP contribution in [-0.2, 0) is 16.6 Å². The van der Waals surface area contributed by atoms with Gasteiger partial charge < -0.3 is 9.64 Å². The fraction of sp³-hybridized carbons (Fsp3) is 0.391. The molecule has 0 saturated carbocycles. The second kappa shape index (κ2) is 10.00. The molecule has 1 heterocycles. The van der Waals surface area contributed by atoms with Crippen LogP contribution in [0.3, 0.4) is 0 Å². The van der Waals surface area contributed by atoms with Crippen molar-refractivity contribution in [2.24, 2.45) is 0 Å². The number of aryl methyl sites for hydroxylation is 1. The van der Waals surface area contributed by atoms with E-state index in [1.54, 1.807) is 12.1 Å². The average molecular weight is 430 g/mol. The van der Waals surface area contributed by atoms with E-state index in [-0.39, 0.29) is 0 Å². The minimum atomic E-state index is -3.66. The van der Waals surface area contributed by atoms with Crippen LogP contribution in [0.2, 0.25) is 0 Å². The van der Waals surface area contributed by atoms with Gasteiger partial charge in [-0.15, -0.1) is 6.58 Å². The van der Waals surface area contributed by atoms with Gasteiger partial charge in [0.05, 0.1) is 18.0 Å². The minimum Gasteiger partial charge on any atom is -0.494 e. The zero-order valence-electron chi connectivity index (χ0n) is 17.8. The number of ether oxygens (including phenoxy) is 1. The van der Waals surface area contributed by atoms with E-state index >= 15 is 0 Å². The summed E-state index contributed by atoms with van der Waals surface area (Å²) in [6, 6.07) is 13.0. The van der Waals surface area contributed by atoms with Gasteiger partial charge in [-0.25, -0.2) is 0 Å². The number of nitrogens with one attached hydrogen (secondary N) is 1. The first-order valence-corrected chi connectivity index (χ1v) is 11.8. The van der Waals surface area contributed by atoms with Crippen LogP contribution in [0.25, 0.3) is 0 Å². The maximum atomic E-state index is 12.9. The van der Waals surface area contributed by atoms with Crippen molar-refractivity contribution in [3.8, 4) is 5.75 Å². The third-order valence-electron chi connectivity index (χ3n) is 5.14. The Balaban J connectivity index is 1.56. The molecule has 2 aromatic carbocycles. The molecule has 0 radical (unpaired) electrons. The summed E-state index contributed by atoms with van der Waals surface area (Å²) in [5.41, 5.74) is 3.36. The number of anilines is 2. The van der Waals surface area contributed by atoms with Gasteiger partial charge in [-0.2, -0.15) is 8.42 Å². The summed E-state index contributed by atoms with van der Waals surface area (Å²) < 4.78 is 35.7. The number of hydrogen-bond acceptors (Lipinski definition) is 4. The van der Waals surface area contributed by atoms with Crippen LogP contribution in [0.15, 0.2) is 55.1 Å². The smallest absolute Gasteiger partial charge is 0.323 e. The predicted molar refractivity (Wildman–Crippen MR) is 124 cm³/mol. The van der Waals surface area contributed by atoms with Gasteiger partial charge in [0.1, 0.15) is 5.75 Å².